The average Bonchev–Trinajstić information content (AvgIpc) is 2.35. The number of rotatable bonds is 8. The van der Waals surface area contributed by atoms with Crippen molar-refractivity contribution in [3.05, 3.63) is 48.6 Å². The predicted octanol–water partition coefficient (Wildman–Crippen LogP) is 3.13. The third-order valence-corrected chi connectivity index (χ3v) is 2.36. The molecule has 0 amide bonds. The molecule has 0 fully saturated rings. The van der Waals surface area contributed by atoms with Gasteiger partial charge in [0.1, 0.15) is 12.4 Å². The molecule has 0 bridgehead atoms. The Hall–Kier alpha value is -1.41. The number of benzene rings is 1. The molecule has 0 aliphatic carbocycles. The number of allylic oxidation sites excluding steroid dienone is 1. The second-order valence-corrected chi connectivity index (χ2v) is 3.69. The molecule has 0 heterocycles. The van der Waals surface area contributed by atoms with E-state index in [1.54, 1.807) is 0 Å². The minimum absolute atomic E-state index is 0.292. The third kappa shape index (κ3) is 4.89. The Morgan fingerprint density at radius 2 is 2.06 bits per heavy atom. The molecule has 0 spiro atoms. The van der Waals surface area contributed by atoms with Gasteiger partial charge < -0.3 is 9.53 Å². The van der Waals surface area contributed by atoms with Crippen LogP contribution < -0.4 is 0 Å². The van der Waals surface area contributed by atoms with Gasteiger partial charge in [-0.1, -0.05) is 36.4 Å². The van der Waals surface area contributed by atoms with E-state index in [2.05, 4.69) is 6.58 Å². The maximum atomic E-state index is 10.8. The zero-order valence-corrected chi connectivity index (χ0v) is 9.47. The van der Waals surface area contributed by atoms with Crippen molar-refractivity contribution in [1.29, 1.82) is 0 Å². The molecule has 0 N–H and O–H groups in total. The summed E-state index contributed by atoms with van der Waals surface area (Å²) in [6.45, 7) is 4.15. The van der Waals surface area contributed by atoms with Crippen molar-refractivity contribution in [2.75, 3.05) is 0 Å². The summed E-state index contributed by atoms with van der Waals surface area (Å²) in [5.41, 5.74) is 1.10. The highest BCUT2D eigenvalue weighted by atomic mass is 16.5. The monoisotopic (exact) mass is 218 g/mol. The second kappa shape index (κ2) is 7.83. The summed E-state index contributed by atoms with van der Waals surface area (Å²) in [6.07, 6.45) is 5.09. The van der Waals surface area contributed by atoms with Gasteiger partial charge in [-0.05, 0) is 24.8 Å². The lowest BCUT2D eigenvalue weighted by Crippen LogP contribution is -2.14. The molecule has 0 aromatic heterocycles. The fourth-order valence-electron chi connectivity index (χ4n) is 1.43. The molecule has 2 heteroatoms. The van der Waals surface area contributed by atoms with Gasteiger partial charge in [0, 0.05) is 0 Å². The molecule has 0 saturated carbocycles. The number of carbonyl (C=O) groups is 1. The SMILES string of the molecule is C=CCCC[C@H](C=O)OCc1ccccc1. The summed E-state index contributed by atoms with van der Waals surface area (Å²) in [4.78, 5) is 10.8. The maximum Gasteiger partial charge on any atom is 0.148 e. The lowest BCUT2D eigenvalue weighted by Gasteiger charge is -2.11. The smallest absolute Gasteiger partial charge is 0.148 e. The second-order valence-electron chi connectivity index (χ2n) is 3.69. The summed E-state index contributed by atoms with van der Waals surface area (Å²) in [6, 6.07) is 9.88. The largest absolute Gasteiger partial charge is 0.366 e. The molecule has 0 aliphatic heterocycles. The van der Waals surface area contributed by atoms with Gasteiger partial charge in [-0.2, -0.15) is 0 Å². The summed E-state index contributed by atoms with van der Waals surface area (Å²) in [5, 5.41) is 0. The van der Waals surface area contributed by atoms with E-state index >= 15 is 0 Å². The summed E-state index contributed by atoms with van der Waals surface area (Å²) in [7, 11) is 0. The highest BCUT2D eigenvalue weighted by Crippen LogP contribution is 2.07. The van der Waals surface area contributed by atoms with Crippen LogP contribution in [0.4, 0.5) is 0 Å². The van der Waals surface area contributed by atoms with Crippen molar-refractivity contribution in [3.8, 4) is 0 Å². The first-order chi connectivity index (χ1) is 7.86. The van der Waals surface area contributed by atoms with Gasteiger partial charge in [0.15, 0.2) is 0 Å². The maximum absolute atomic E-state index is 10.8. The molecule has 2 nitrogen and oxygen atoms in total. The Morgan fingerprint density at radius 3 is 2.69 bits per heavy atom. The molecular formula is C14H18O2. The number of carbonyl (C=O) groups excluding carboxylic acids is 1. The van der Waals surface area contributed by atoms with Crippen molar-refractivity contribution < 1.29 is 9.53 Å². The lowest BCUT2D eigenvalue weighted by molar-refractivity contribution is -0.119. The van der Waals surface area contributed by atoms with Crippen LogP contribution >= 0.6 is 0 Å². The van der Waals surface area contributed by atoms with E-state index in [0.29, 0.717) is 6.61 Å². The molecule has 0 radical (unpaired) electrons. The van der Waals surface area contributed by atoms with E-state index in [1.807, 2.05) is 36.4 Å². The Labute approximate surface area is 96.9 Å². The van der Waals surface area contributed by atoms with Crippen LogP contribution in [0.5, 0.6) is 0 Å². The first-order valence-electron chi connectivity index (χ1n) is 5.58. The molecule has 86 valence electrons. The van der Waals surface area contributed by atoms with E-state index in [1.165, 1.54) is 0 Å². The van der Waals surface area contributed by atoms with E-state index in [4.69, 9.17) is 4.74 Å². The number of ether oxygens (including phenoxy) is 1. The third-order valence-electron chi connectivity index (χ3n) is 2.36. The van der Waals surface area contributed by atoms with Crippen LogP contribution in [-0.2, 0) is 16.1 Å². The van der Waals surface area contributed by atoms with Gasteiger partial charge in [-0.3, -0.25) is 0 Å². The van der Waals surface area contributed by atoms with Crippen LogP contribution in [0.25, 0.3) is 0 Å². The molecule has 1 atom stereocenters. The molecule has 0 saturated heterocycles. The molecule has 0 unspecified atom stereocenters. The van der Waals surface area contributed by atoms with E-state index in [9.17, 15) is 4.79 Å². The van der Waals surface area contributed by atoms with Crippen LogP contribution in [-0.4, -0.2) is 12.4 Å². The van der Waals surface area contributed by atoms with Crippen molar-refractivity contribution in [3.63, 3.8) is 0 Å². The average molecular weight is 218 g/mol. The summed E-state index contributed by atoms with van der Waals surface area (Å²) in [5.74, 6) is 0. The molecule has 1 aromatic rings. The zero-order chi connectivity index (χ0) is 11.6. The molecular weight excluding hydrogens is 200 g/mol. The van der Waals surface area contributed by atoms with Crippen molar-refractivity contribution in [1.82, 2.24) is 0 Å². The minimum atomic E-state index is -0.292. The minimum Gasteiger partial charge on any atom is -0.366 e. The zero-order valence-electron chi connectivity index (χ0n) is 9.47. The summed E-state index contributed by atoms with van der Waals surface area (Å²) < 4.78 is 5.52. The van der Waals surface area contributed by atoms with Gasteiger partial charge in [0.2, 0.25) is 0 Å². The predicted molar refractivity (Wildman–Crippen MR) is 65.1 cm³/mol. The van der Waals surface area contributed by atoms with Crippen molar-refractivity contribution in [2.24, 2.45) is 0 Å². The molecule has 0 aliphatic rings. The highest BCUT2D eigenvalue weighted by molar-refractivity contribution is 5.55. The van der Waals surface area contributed by atoms with E-state index in [0.717, 1.165) is 31.1 Å². The van der Waals surface area contributed by atoms with Gasteiger partial charge in [0.25, 0.3) is 0 Å². The van der Waals surface area contributed by atoms with E-state index in [-0.39, 0.29) is 6.10 Å². The molecule has 1 rings (SSSR count). The van der Waals surface area contributed by atoms with Crippen LogP contribution in [0.1, 0.15) is 24.8 Å². The van der Waals surface area contributed by atoms with E-state index < -0.39 is 0 Å². The fraction of sp³-hybridized carbons (Fsp3) is 0.357. The first-order valence-corrected chi connectivity index (χ1v) is 5.58. The Balaban J connectivity index is 2.28. The van der Waals surface area contributed by atoms with Crippen LogP contribution in [0.2, 0.25) is 0 Å². The van der Waals surface area contributed by atoms with Gasteiger partial charge in [-0.25, -0.2) is 0 Å². The Kier molecular flexibility index (Phi) is 6.19. The van der Waals surface area contributed by atoms with Crippen molar-refractivity contribution in [2.45, 2.75) is 32.0 Å². The molecule has 1 aromatic carbocycles. The number of unbranched alkanes of at least 4 members (excludes halogenated alkanes) is 1. The van der Waals surface area contributed by atoms with Crippen molar-refractivity contribution >= 4 is 6.29 Å². The molecule has 16 heavy (non-hydrogen) atoms. The Morgan fingerprint density at radius 1 is 1.31 bits per heavy atom. The Bertz CT molecular complexity index is 306. The van der Waals surface area contributed by atoms with Crippen LogP contribution in [0.3, 0.4) is 0 Å². The van der Waals surface area contributed by atoms with Gasteiger partial charge in [0.05, 0.1) is 6.61 Å². The highest BCUT2D eigenvalue weighted by Gasteiger charge is 2.06. The summed E-state index contributed by atoms with van der Waals surface area (Å²) >= 11 is 0. The fourth-order valence-corrected chi connectivity index (χ4v) is 1.43. The first kappa shape index (κ1) is 12.7. The standard InChI is InChI=1S/C14H18O2/c1-2-3-5-10-14(11-15)16-12-13-8-6-4-7-9-13/h2,4,6-9,11,14H,1,3,5,10,12H2/t14-/m1/s1. The number of hydrogen-bond donors (Lipinski definition) is 0. The number of hydrogen-bond acceptors (Lipinski definition) is 2. The van der Waals surface area contributed by atoms with Gasteiger partial charge in [-0.15, -0.1) is 6.58 Å². The van der Waals surface area contributed by atoms with Gasteiger partial charge >= 0.3 is 0 Å². The quantitative estimate of drug-likeness (QED) is 0.380. The normalized spacial score (nSPS) is 12.0. The topological polar surface area (TPSA) is 26.3 Å². The van der Waals surface area contributed by atoms with Crippen LogP contribution in [0.15, 0.2) is 43.0 Å². The lowest BCUT2D eigenvalue weighted by atomic mass is 10.1. The van der Waals surface area contributed by atoms with Crippen LogP contribution in [0, 0.1) is 0 Å². The number of aldehydes is 1.